The van der Waals surface area contributed by atoms with E-state index in [0.717, 1.165) is 18.4 Å². The lowest BCUT2D eigenvalue weighted by molar-refractivity contribution is 0.261. The van der Waals surface area contributed by atoms with E-state index in [1.54, 1.807) is 0 Å². The Hall–Kier alpha value is -0.930. The normalized spacial score (nSPS) is 14.1. The zero-order valence-corrected chi connectivity index (χ0v) is 11.2. The van der Waals surface area contributed by atoms with Gasteiger partial charge in [0, 0.05) is 11.6 Å². The molecule has 0 saturated heterocycles. The summed E-state index contributed by atoms with van der Waals surface area (Å²) in [6.07, 6.45) is 1.91. The zero-order valence-electron chi connectivity index (χ0n) is 11.2. The molecule has 2 N–H and O–H groups in total. The second-order valence-corrected chi connectivity index (χ2v) is 5.56. The third-order valence-corrected chi connectivity index (χ3v) is 2.94. The zero-order chi connectivity index (χ0) is 13.1. The molecule has 1 atom stereocenters. The average molecular weight is 238 g/mol. The molecule has 0 aliphatic carbocycles. The highest BCUT2D eigenvalue weighted by Crippen LogP contribution is 2.26. The molecule has 0 aromatic heterocycles. The van der Waals surface area contributed by atoms with Crippen molar-refractivity contribution in [3.63, 3.8) is 0 Å². The molecule has 0 spiro atoms. The van der Waals surface area contributed by atoms with E-state index in [4.69, 9.17) is 5.73 Å². The van der Waals surface area contributed by atoms with Gasteiger partial charge in [-0.15, -0.1) is 0 Å². The smallest absolute Gasteiger partial charge is 0.123 e. The summed E-state index contributed by atoms with van der Waals surface area (Å²) in [5, 5.41) is 0. The molecule has 0 amide bonds. The third-order valence-electron chi connectivity index (χ3n) is 2.94. The van der Waals surface area contributed by atoms with Gasteiger partial charge in [-0.25, -0.2) is 4.39 Å². The van der Waals surface area contributed by atoms with Gasteiger partial charge in [0.25, 0.3) is 0 Å². The monoisotopic (exact) mass is 238 g/mol. The van der Waals surface area contributed by atoms with Crippen LogP contribution in [0.15, 0.2) is 24.3 Å². The van der Waals surface area contributed by atoms with Crippen molar-refractivity contribution < 1.29 is 4.39 Å². The fraction of sp³-hybridized carbons (Fsp3) is 0.571. The molecule has 1 aromatic rings. The van der Waals surface area contributed by atoms with Gasteiger partial charge >= 0.3 is 0 Å². The van der Waals surface area contributed by atoms with Gasteiger partial charge in [-0.2, -0.15) is 0 Å². The van der Waals surface area contributed by atoms with E-state index in [1.807, 2.05) is 40.1 Å². The molecule has 1 unspecified atom stereocenters. The molecule has 3 heteroatoms. The summed E-state index contributed by atoms with van der Waals surface area (Å²) in [5.74, 6) is -0.189. The Bertz CT molecular complexity index is 338. The molecule has 0 fully saturated rings. The molecule has 1 aromatic carbocycles. The van der Waals surface area contributed by atoms with Gasteiger partial charge in [-0.1, -0.05) is 12.1 Å². The van der Waals surface area contributed by atoms with Crippen LogP contribution in [0.3, 0.4) is 0 Å². The Labute approximate surface area is 104 Å². The van der Waals surface area contributed by atoms with E-state index in [2.05, 4.69) is 4.90 Å². The summed E-state index contributed by atoms with van der Waals surface area (Å²) in [6.45, 7) is 4.06. The van der Waals surface area contributed by atoms with Crippen LogP contribution < -0.4 is 5.73 Å². The maximum Gasteiger partial charge on any atom is 0.123 e. The van der Waals surface area contributed by atoms with E-state index < -0.39 is 0 Å². The third kappa shape index (κ3) is 4.84. The Balaban J connectivity index is 2.76. The lowest BCUT2D eigenvalue weighted by Gasteiger charge is -2.28. The molecule has 0 saturated carbocycles. The van der Waals surface area contributed by atoms with E-state index >= 15 is 0 Å². The molecule has 96 valence electrons. The first-order chi connectivity index (χ1) is 7.79. The summed E-state index contributed by atoms with van der Waals surface area (Å²) in [4.78, 5) is 2.15. The van der Waals surface area contributed by atoms with Gasteiger partial charge in [0.2, 0.25) is 0 Å². The van der Waals surface area contributed by atoms with Crippen molar-refractivity contribution in [2.24, 2.45) is 5.73 Å². The number of nitrogens with zero attached hydrogens (tertiary/aromatic N) is 1. The SMILES string of the molecule is CN(C)C(CCC(C)(C)N)c1ccc(F)cc1. The van der Waals surface area contributed by atoms with Crippen molar-refractivity contribution >= 4 is 0 Å². The van der Waals surface area contributed by atoms with Crippen molar-refractivity contribution in [3.8, 4) is 0 Å². The van der Waals surface area contributed by atoms with Gasteiger partial charge in [-0.3, -0.25) is 0 Å². The molecule has 0 bridgehead atoms. The topological polar surface area (TPSA) is 29.3 Å². The van der Waals surface area contributed by atoms with Gasteiger partial charge < -0.3 is 10.6 Å². The standard InChI is InChI=1S/C14H23FN2/c1-14(2,16)10-9-13(17(3)4)11-5-7-12(15)8-6-11/h5-8,13H,9-10,16H2,1-4H3. The molecule has 0 aliphatic rings. The molecular formula is C14H23FN2. The summed E-state index contributed by atoms with van der Waals surface area (Å²) in [5.41, 5.74) is 6.99. The molecule has 1 rings (SSSR count). The van der Waals surface area contributed by atoms with E-state index in [-0.39, 0.29) is 11.4 Å². The number of hydrogen-bond acceptors (Lipinski definition) is 2. The van der Waals surface area contributed by atoms with Gasteiger partial charge in [0.15, 0.2) is 0 Å². The molecule has 0 heterocycles. The summed E-state index contributed by atoms with van der Waals surface area (Å²) in [6, 6.07) is 7.02. The van der Waals surface area contributed by atoms with Crippen LogP contribution >= 0.6 is 0 Å². The Morgan fingerprint density at radius 2 is 1.76 bits per heavy atom. The van der Waals surface area contributed by atoms with Crippen molar-refractivity contribution in [1.29, 1.82) is 0 Å². The van der Waals surface area contributed by atoms with Gasteiger partial charge in [0.05, 0.1) is 0 Å². The minimum absolute atomic E-state index is 0.158. The van der Waals surface area contributed by atoms with Crippen LogP contribution in [-0.4, -0.2) is 24.5 Å². The number of halogens is 1. The lowest BCUT2D eigenvalue weighted by Crippen LogP contribution is -2.33. The second kappa shape index (κ2) is 5.61. The van der Waals surface area contributed by atoms with Crippen LogP contribution in [0.2, 0.25) is 0 Å². The quantitative estimate of drug-likeness (QED) is 0.854. The molecular weight excluding hydrogens is 215 g/mol. The van der Waals surface area contributed by atoms with Crippen LogP contribution in [0.25, 0.3) is 0 Å². The summed E-state index contributed by atoms with van der Waals surface area (Å²) < 4.78 is 12.9. The highest BCUT2D eigenvalue weighted by molar-refractivity contribution is 5.20. The fourth-order valence-corrected chi connectivity index (χ4v) is 1.92. The van der Waals surface area contributed by atoms with Crippen molar-refractivity contribution in [2.75, 3.05) is 14.1 Å². The molecule has 2 nitrogen and oxygen atoms in total. The molecule has 0 radical (unpaired) electrons. The van der Waals surface area contributed by atoms with Crippen molar-refractivity contribution in [2.45, 2.75) is 38.3 Å². The first-order valence-corrected chi connectivity index (χ1v) is 6.00. The number of nitrogens with two attached hydrogens (primary N) is 1. The maximum absolute atomic E-state index is 12.9. The average Bonchev–Trinajstić information content (AvgIpc) is 2.18. The van der Waals surface area contributed by atoms with E-state index in [1.165, 1.54) is 12.1 Å². The van der Waals surface area contributed by atoms with Crippen molar-refractivity contribution in [3.05, 3.63) is 35.6 Å². The predicted octanol–water partition coefficient (Wildman–Crippen LogP) is 2.95. The van der Waals surface area contributed by atoms with Crippen LogP contribution in [0.5, 0.6) is 0 Å². The van der Waals surface area contributed by atoms with Gasteiger partial charge in [0.1, 0.15) is 5.82 Å². The first kappa shape index (κ1) is 14.1. The Morgan fingerprint density at radius 1 is 1.24 bits per heavy atom. The summed E-state index contributed by atoms with van der Waals surface area (Å²) >= 11 is 0. The Morgan fingerprint density at radius 3 is 2.18 bits per heavy atom. The second-order valence-electron chi connectivity index (χ2n) is 5.56. The summed E-state index contributed by atoms with van der Waals surface area (Å²) in [7, 11) is 4.08. The number of rotatable bonds is 5. The maximum atomic E-state index is 12.9. The van der Waals surface area contributed by atoms with Crippen LogP contribution in [0.1, 0.15) is 38.3 Å². The number of benzene rings is 1. The predicted molar refractivity (Wildman–Crippen MR) is 70.3 cm³/mol. The fourth-order valence-electron chi connectivity index (χ4n) is 1.92. The Kier molecular flexibility index (Phi) is 4.66. The highest BCUT2D eigenvalue weighted by atomic mass is 19.1. The molecule has 17 heavy (non-hydrogen) atoms. The first-order valence-electron chi connectivity index (χ1n) is 6.00. The minimum atomic E-state index is -0.189. The van der Waals surface area contributed by atoms with Crippen molar-refractivity contribution in [1.82, 2.24) is 4.90 Å². The van der Waals surface area contributed by atoms with Crippen LogP contribution in [0.4, 0.5) is 4.39 Å². The molecule has 0 aliphatic heterocycles. The van der Waals surface area contributed by atoms with Crippen LogP contribution in [0, 0.1) is 5.82 Å². The van der Waals surface area contributed by atoms with E-state index in [9.17, 15) is 4.39 Å². The largest absolute Gasteiger partial charge is 0.326 e. The van der Waals surface area contributed by atoms with Gasteiger partial charge in [-0.05, 0) is 58.5 Å². The highest BCUT2D eigenvalue weighted by Gasteiger charge is 2.18. The minimum Gasteiger partial charge on any atom is -0.326 e. The van der Waals surface area contributed by atoms with Crippen LogP contribution in [-0.2, 0) is 0 Å². The number of hydrogen-bond donors (Lipinski definition) is 1. The lowest BCUT2D eigenvalue weighted by atomic mass is 9.93. The van der Waals surface area contributed by atoms with E-state index in [0.29, 0.717) is 6.04 Å².